The molecule has 1 aliphatic heterocycles. The van der Waals surface area contributed by atoms with Gasteiger partial charge in [0.05, 0.1) is 5.69 Å². The van der Waals surface area contributed by atoms with E-state index in [0.29, 0.717) is 12.0 Å². The third-order valence-electron chi connectivity index (χ3n) is 4.69. The van der Waals surface area contributed by atoms with Gasteiger partial charge in [-0.2, -0.15) is 0 Å². The molecule has 1 aliphatic carbocycles. The molecule has 2 aliphatic rings. The van der Waals surface area contributed by atoms with E-state index < -0.39 is 0 Å². The first-order valence-corrected chi connectivity index (χ1v) is 9.46. The normalized spacial score (nSPS) is 23.6. The Morgan fingerprint density at radius 3 is 2.76 bits per heavy atom. The first-order valence-electron chi connectivity index (χ1n) is 8.64. The number of aromatic nitrogens is 1. The highest BCUT2D eigenvalue weighted by atomic mass is 32.1. The molecule has 4 heteroatoms. The molecule has 3 rings (SSSR count). The van der Waals surface area contributed by atoms with Crippen molar-refractivity contribution in [1.29, 1.82) is 0 Å². The number of anilines is 1. The molecular formula is C17H29N3S. The summed E-state index contributed by atoms with van der Waals surface area (Å²) in [6, 6.07) is 1.41. The third kappa shape index (κ3) is 3.78. The molecule has 1 unspecified atom stereocenters. The van der Waals surface area contributed by atoms with Crippen molar-refractivity contribution in [2.24, 2.45) is 0 Å². The summed E-state index contributed by atoms with van der Waals surface area (Å²) in [6.45, 7) is 9.10. The van der Waals surface area contributed by atoms with Gasteiger partial charge in [0.2, 0.25) is 0 Å². The first-order chi connectivity index (χ1) is 10.1. The zero-order valence-corrected chi connectivity index (χ0v) is 14.5. The van der Waals surface area contributed by atoms with Crippen LogP contribution in [0.25, 0.3) is 0 Å². The van der Waals surface area contributed by atoms with E-state index in [1.54, 1.807) is 0 Å². The number of nitrogens with zero attached hydrogens (tertiary/aromatic N) is 2. The fourth-order valence-corrected chi connectivity index (χ4v) is 4.43. The smallest absolute Gasteiger partial charge is 0.186 e. The van der Waals surface area contributed by atoms with Gasteiger partial charge in [0.15, 0.2) is 5.13 Å². The number of hydrogen-bond donors (Lipinski definition) is 1. The van der Waals surface area contributed by atoms with Crippen molar-refractivity contribution >= 4 is 16.5 Å². The van der Waals surface area contributed by atoms with Gasteiger partial charge >= 0.3 is 0 Å². The van der Waals surface area contributed by atoms with Crippen molar-refractivity contribution in [3.8, 4) is 0 Å². The van der Waals surface area contributed by atoms with Gasteiger partial charge in [-0.1, -0.05) is 26.7 Å². The molecule has 1 N–H and O–H groups in total. The molecule has 0 aromatic carbocycles. The van der Waals surface area contributed by atoms with Gasteiger partial charge in [0.25, 0.3) is 0 Å². The third-order valence-corrected chi connectivity index (χ3v) is 5.80. The lowest BCUT2D eigenvalue weighted by Gasteiger charge is -2.26. The molecule has 0 amide bonds. The number of rotatable bonds is 5. The zero-order valence-electron chi connectivity index (χ0n) is 13.7. The van der Waals surface area contributed by atoms with E-state index in [4.69, 9.17) is 4.98 Å². The van der Waals surface area contributed by atoms with E-state index in [0.717, 1.165) is 12.6 Å². The molecule has 1 aromatic rings. The maximum atomic E-state index is 5.03. The van der Waals surface area contributed by atoms with E-state index in [9.17, 15) is 0 Å². The Morgan fingerprint density at radius 1 is 1.24 bits per heavy atom. The summed E-state index contributed by atoms with van der Waals surface area (Å²) < 4.78 is 0. The molecule has 1 atom stereocenters. The van der Waals surface area contributed by atoms with Gasteiger partial charge in [-0.25, -0.2) is 4.98 Å². The molecule has 0 bridgehead atoms. The summed E-state index contributed by atoms with van der Waals surface area (Å²) >= 11 is 1.93. The summed E-state index contributed by atoms with van der Waals surface area (Å²) in [5.41, 5.74) is 1.32. The fraction of sp³-hybridized carbons (Fsp3) is 0.824. The van der Waals surface area contributed by atoms with Crippen LogP contribution in [0, 0.1) is 0 Å². The number of hydrogen-bond acceptors (Lipinski definition) is 4. The lowest BCUT2D eigenvalue weighted by molar-refractivity contribution is 0.613. The van der Waals surface area contributed by atoms with Gasteiger partial charge in [-0.15, -0.1) is 11.3 Å². The zero-order chi connectivity index (χ0) is 14.8. The largest absolute Gasteiger partial charge is 0.345 e. The van der Waals surface area contributed by atoms with Crippen LogP contribution in [0.3, 0.4) is 0 Å². The highest BCUT2D eigenvalue weighted by Gasteiger charge is 2.25. The predicted molar refractivity (Wildman–Crippen MR) is 91.3 cm³/mol. The highest BCUT2D eigenvalue weighted by Crippen LogP contribution is 2.34. The van der Waals surface area contributed by atoms with E-state index in [-0.39, 0.29) is 0 Å². The molecule has 1 aromatic heterocycles. The Hall–Kier alpha value is -0.610. The summed E-state index contributed by atoms with van der Waals surface area (Å²) in [7, 11) is 0. The number of nitrogens with one attached hydrogen (secondary N) is 1. The van der Waals surface area contributed by atoms with Crippen LogP contribution in [-0.2, 0) is 6.54 Å². The molecule has 118 valence electrons. The summed E-state index contributed by atoms with van der Waals surface area (Å²) in [6.07, 6.45) is 8.08. The van der Waals surface area contributed by atoms with Crippen LogP contribution in [-0.4, -0.2) is 23.6 Å². The lowest BCUT2D eigenvalue weighted by Crippen LogP contribution is -2.32. The Balaban J connectivity index is 1.78. The average molecular weight is 308 g/mol. The molecule has 1 saturated heterocycles. The van der Waals surface area contributed by atoms with E-state index in [1.807, 2.05) is 11.3 Å². The van der Waals surface area contributed by atoms with Crippen LogP contribution in [0.4, 0.5) is 5.13 Å². The molecule has 3 nitrogen and oxygen atoms in total. The van der Waals surface area contributed by atoms with Crippen molar-refractivity contribution in [2.45, 2.75) is 83.8 Å². The fourth-order valence-electron chi connectivity index (χ4n) is 3.13. The molecule has 0 spiro atoms. The molecule has 2 fully saturated rings. The van der Waals surface area contributed by atoms with Crippen molar-refractivity contribution in [2.75, 3.05) is 11.4 Å². The minimum Gasteiger partial charge on any atom is -0.345 e. The molecular weight excluding hydrogens is 278 g/mol. The predicted octanol–water partition coefficient (Wildman–Crippen LogP) is 4.29. The van der Waals surface area contributed by atoms with E-state index in [1.165, 1.54) is 60.8 Å². The SMILES string of the molecule is CC(C)c1nc(N2CCCCCC2C)sc1CNC1CC1. The maximum Gasteiger partial charge on any atom is 0.186 e. The Morgan fingerprint density at radius 2 is 2.05 bits per heavy atom. The molecule has 0 radical (unpaired) electrons. The van der Waals surface area contributed by atoms with E-state index >= 15 is 0 Å². The highest BCUT2D eigenvalue weighted by molar-refractivity contribution is 7.15. The minimum absolute atomic E-state index is 0.522. The standard InChI is InChI=1S/C17H29N3S/c1-12(2)16-15(11-18-14-8-9-14)21-17(19-16)20-10-6-4-5-7-13(20)3/h12-14,18H,4-11H2,1-3H3. The summed E-state index contributed by atoms with van der Waals surface area (Å²) in [5.74, 6) is 0.522. The van der Waals surface area contributed by atoms with Crippen molar-refractivity contribution < 1.29 is 0 Å². The van der Waals surface area contributed by atoms with Gasteiger partial charge in [0.1, 0.15) is 0 Å². The van der Waals surface area contributed by atoms with Gasteiger partial charge in [-0.05, 0) is 38.5 Å². The molecule has 2 heterocycles. The first kappa shape index (κ1) is 15.3. The van der Waals surface area contributed by atoms with Crippen LogP contribution in [0.2, 0.25) is 0 Å². The topological polar surface area (TPSA) is 28.2 Å². The lowest BCUT2D eigenvalue weighted by atomic mass is 10.1. The van der Waals surface area contributed by atoms with Crippen LogP contribution in [0.15, 0.2) is 0 Å². The van der Waals surface area contributed by atoms with Gasteiger partial charge in [-0.3, -0.25) is 0 Å². The van der Waals surface area contributed by atoms with Crippen molar-refractivity contribution in [1.82, 2.24) is 10.3 Å². The second kappa shape index (κ2) is 6.66. The van der Waals surface area contributed by atoms with Crippen LogP contribution in [0.5, 0.6) is 0 Å². The Bertz CT molecular complexity index is 465. The molecule has 21 heavy (non-hydrogen) atoms. The quantitative estimate of drug-likeness (QED) is 0.879. The second-order valence-corrected chi connectivity index (χ2v) is 8.07. The second-order valence-electron chi connectivity index (χ2n) is 7.01. The minimum atomic E-state index is 0.522. The Labute approximate surface area is 133 Å². The monoisotopic (exact) mass is 307 g/mol. The van der Waals surface area contributed by atoms with Crippen LogP contribution in [0.1, 0.15) is 75.8 Å². The van der Waals surface area contributed by atoms with E-state index in [2.05, 4.69) is 31.0 Å². The van der Waals surface area contributed by atoms with Crippen molar-refractivity contribution in [3.05, 3.63) is 10.6 Å². The number of thiazole rings is 1. The molecule has 1 saturated carbocycles. The summed E-state index contributed by atoms with van der Waals surface area (Å²) in [5, 5.41) is 4.92. The van der Waals surface area contributed by atoms with Gasteiger partial charge in [0, 0.05) is 30.1 Å². The van der Waals surface area contributed by atoms with Crippen LogP contribution >= 0.6 is 11.3 Å². The van der Waals surface area contributed by atoms with Crippen molar-refractivity contribution in [3.63, 3.8) is 0 Å². The Kier molecular flexibility index (Phi) is 4.85. The summed E-state index contributed by atoms with van der Waals surface area (Å²) in [4.78, 5) is 9.05. The maximum absolute atomic E-state index is 5.03. The van der Waals surface area contributed by atoms with Crippen LogP contribution < -0.4 is 10.2 Å². The van der Waals surface area contributed by atoms with Gasteiger partial charge < -0.3 is 10.2 Å². The average Bonchev–Trinajstić information content (AvgIpc) is 3.22.